The summed E-state index contributed by atoms with van der Waals surface area (Å²) in [6.07, 6.45) is -7.23. The van der Waals surface area contributed by atoms with E-state index in [1.165, 1.54) is 0 Å². The number of aliphatic hydroxyl groups excluding tert-OH is 1. The van der Waals surface area contributed by atoms with Gasteiger partial charge in [-0.3, -0.25) is 0 Å². The Morgan fingerprint density at radius 3 is 2.00 bits per heavy atom. The van der Waals surface area contributed by atoms with Crippen molar-refractivity contribution in [3.05, 3.63) is 0 Å². The van der Waals surface area contributed by atoms with E-state index < -0.39 is 24.0 Å². The average molecular weight is 214 g/mol. The Hall–Kier alpha value is -0.290. The van der Waals surface area contributed by atoms with Crippen LogP contribution in [-0.2, 0) is 4.74 Å². The largest absolute Gasteiger partial charge is 0.414 e. The molecule has 0 saturated heterocycles. The topological polar surface area (TPSA) is 29.5 Å². The SMILES string of the molecule is CCC(C)(C)C(O)OC(C)C(F)(F)F. The summed E-state index contributed by atoms with van der Waals surface area (Å²) in [7, 11) is 0. The van der Waals surface area contributed by atoms with E-state index in [0.717, 1.165) is 6.92 Å². The molecule has 0 aliphatic heterocycles. The first-order chi connectivity index (χ1) is 6.11. The number of aliphatic hydroxyl groups is 1. The molecule has 5 heteroatoms. The van der Waals surface area contributed by atoms with Crippen LogP contribution in [0.4, 0.5) is 13.2 Å². The van der Waals surface area contributed by atoms with Crippen LogP contribution in [0.5, 0.6) is 0 Å². The predicted octanol–water partition coefficient (Wildman–Crippen LogP) is 2.71. The van der Waals surface area contributed by atoms with E-state index in [1.54, 1.807) is 20.8 Å². The molecule has 0 aromatic heterocycles. The maximum Gasteiger partial charge on any atom is 0.414 e. The number of hydrogen-bond donors (Lipinski definition) is 1. The maximum atomic E-state index is 12.1. The first-order valence-corrected chi connectivity index (χ1v) is 4.51. The van der Waals surface area contributed by atoms with Crippen LogP contribution in [-0.4, -0.2) is 23.7 Å². The molecule has 0 aliphatic rings. The van der Waals surface area contributed by atoms with Gasteiger partial charge in [-0.25, -0.2) is 0 Å². The molecule has 0 rings (SSSR count). The van der Waals surface area contributed by atoms with Gasteiger partial charge in [0.2, 0.25) is 0 Å². The summed E-state index contributed by atoms with van der Waals surface area (Å²) in [6.45, 7) is 5.97. The third-order valence-corrected chi connectivity index (χ3v) is 2.37. The number of alkyl halides is 3. The van der Waals surface area contributed by atoms with Crippen molar-refractivity contribution in [2.75, 3.05) is 0 Å². The van der Waals surface area contributed by atoms with Crippen LogP contribution in [0.2, 0.25) is 0 Å². The third-order valence-electron chi connectivity index (χ3n) is 2.37. The summed E-state index contributed by atoms with van der Waals surface area (Å²) in [5.74, 6) is 0. The van der Waals surface area contributed by atoms with Crippen LogP contribution in [0.25, 0.3) is 0 Å². The number of rotatable bonds is 4. The van der Waals surface area contributed by atoms with Crippen molar-refractivity contribution >= 4 is 0 Å². The van der Waals surface area contributed by atoms with Gasteiger partial charge in [0, 0.05) is 5.41 Å². The fourth-order valence-corrected chi connectivity index (χ4v) is 0.629. The second-order valence-electron chi connectivity index (χ2n) is 4.01. The highest BCUT2D eigenvalue weighted by molar-refractivity contribution is 4.72. The first-order valence-electron chi connectivity index (χ1n) is 4.51. The van der Waals surface area contributed by atoms with Gasteiger partial charge in [0.1, 0.15) is 0 Å². The first kappa shape index (κ1) is 13.7. The Bertz CT molecular complexity index is 177. The summed E-state index contributed by atoms with van der Waals surface area (Å²) >= 11 is 0. The van der Waals surface area contributed by atoms with Crippen molar-refractivity contribution in [2.45, 2.75) is 52.7 Å². The normalized spacial score (nSPS) is 18.0. The Morgan fingerprint density at radius 1 is 1.29 bits per heavy atom. The summed E-state index contributed by atoms with van der Waals surface area (Å²) in [4.78, 5) is 0. The van der Waals surface area contributed by atoms with Crippen molar-refractivity contribution in [1.29, 1.82) is 0 Å². The molecule has 14 heavy (non-hydrogen) atoms. The molecule has 0 bridgehead atoms. The highest BCUT2D eigenvalue weighted by atomic mass is 19.4. The lowest BCUT2D eigenvalue weighted by molar-refractivity contribution is -0.277. The molecule has 0 aliphatic carbocycles. The van der Waals surface area contributed by atoms with Crippen LogP contribution < -0.4 is 0 Å². The van der Waals surface area contributed by atoms with Gasteiger partial charge < -0.3 is 9.84 Å². The quantitative estimate of drug-likeness (QED) is 0.729. The molecule has 2 unspecified atom stereocenters. The third kappa shape index (κ3) is 3.84. The number of halogens is 3. The Balaban J connectivity index is 4.26. The number of ether oxygens (including phenoxy) is 1. The van der Waals surface area contributed by atoms with E-state index in [1.807, 2.05) is 0 Å². The molecule has 0 fully saturated rings. The van der Waals surface area contributed by atoms with E-state index in [-0.39, 0.29) is 0 Å². The standard InChI is InChI=1S/C9H17F3O2/c1-5-8(3,4)7(13)14-6(2)9(10,11)12/h6-7,13H,5H2,1-4H3. The van der Waals surface area contributed by atoms with E-state index in [4.69, 9.17) is 0 Å². The number of hydrogen-bond acceptors (Lipinski definition) is 2. The molecule has 0 spiro atoms. The molecule has 86 valence electrons. The summed E-state index contributed by atoms with van der Waals surface area (Å²) in [5.41, 5.74) is -0.667. The van der Waals surface area contributed by atoms with Gasteiger partial charge in [0.05, 0.1) is 0 Å². The molecule has 1 N–H and O–H groups in total. The fraction of sp³-hybridized carbons (Fsp3) is 1.00. The Labute approximate surface area is 82.1 Å². The highest BCUT2D eigenvalue weighted by Gasteiger charge is 2.40. The average Bonchev–Trinajstić information content (AvgIpc) is 2.02. The van der Waals surface area contributed by atoms with Gasteiger partial charge in [0.15, 0.2) is 12.4 Å². The maximum absolute atomic E-state index is 12.1. The predicted molar refractivity (Wildman–Crippen MR) is 46.7 cm³/mol. The van der Waals surface area contributed by atoms with Crippen LogP contribution in [0.15, 0.2) is 0 Å². The van der Waals surface area contributed by atoms with Gasteiger partial charge in [-0.1, -0.05) is 20.8 Å². The smallest absolute Gasteiger partial charge is 0.367 e. The molecule has 0 saturated carbocycles. The minimum atomic E-state index is -4.43. The van der Waals surface area contributed by atoms with Crippen molar-refractivity contribution < 1.29 is 23.0 Å². The molecule has 0 heterocycles. The van der Waals surface area contributed by atoms with Gasteiger partial charge >= 0.3 is 6.18 Å². The molecule has 0 aromatic carbocycles. The van der Waals surface area contributed by atoms with Crippen LogP contribution in [0.1, 0.15) is 34.1 Å². The lowest BCUT2D eigenvalue weighted by Crippen LogP contribution is -2.39. The Morgan fingerprint density at radius 2 is 1.71 bits per heavy atom. The van der Waals surface area contributed by atoms with E-state index in [2.05, 4.69) is 4.74 Å². The van der Waals surface area contributed by atoms with Gasteiger partial charge in [-0.05, 0) is 13.3 Å². The van der Waals surface area contributed by atoms with E-state index >= 15 is 0 Å². The van der Waals surface area contributed by atoms with Crippen LogP contribution >= 0.6 is 0 Å². The molecular formula is C9H17F3O2. The van der Waals surface area contributed by atoms with Crippen molar-refractivity contribution in [3.8, 4) is 0 Å². The second kappa shape index (κ2) is 4.49. The van der Waals surface area contributed by atoms with Crippen molar-refractivity contribution in [2.24, 2.45) is 5.41 Å². The van der Waals surface area contributed by atoms with E-state index in [0.29, 0.717) is 6.42 Å². The van der Waals surface area contributed by atoms with Crippen molar-refractivity contribution in [3.63, 3.8) is 0 Å². The van der Waals surface area contributed by atoms with Crippen LogP contribution in [0.3, 0.4) is 0 Å². The zero-order valence-corrected chi connectivity index (χ0v) is 8.85. The summed E-state index contributed by atoms with van der Waals surface area (Å²) in [6, 6.07) is 0. The van der Waals surface area contributed by atoms with Crippen molar-refractivity contribution in [1.82, 2.24) is 0 Å². The molecular weight excluding hydrogens is 197 g/mol. The summed E-state index contributed by atoms with van der Waals surface area (Å²) in [5, 5.41) is 9.39. The minimum Gasteiger partial charge on any atom is -0.367 e. The zero-order valence-electron chi connectivity index (χ0n) is 8.85. The molecule has 2 nitrogen and oxygen atoms in total. The van der Waals surface area contributed by atoms with Crippen LogP contribution in [0, 0.1) is 5.41 Å². The highest BCUT2D eigenvalue weighted by Crippen LogP contribution is 2.30. The van der Waals surface area contributed by atoms with Gasteiger partial charge in [-0.2, -0.15) is 13.2 Å². The molecule has 0 radical (unpaired) electrons. The second-order valence-corrected chi connectivity index (χ2v) is 4.01. The zero-order chi connectivity index (χ0) is 11.6. The lowest BCUT2D eigenvalue weighted by atomic mass is 9.89. The fourth-order valence-electron chi connectivity index (χ4n) is 0.629. The van der Waals surface area contributed by atoms with E-state index in [9.17, 15) is 18.3 Å². The lowest BCUT2D eigenvalue weighted by Gasteiger charge is -2.31. The monoisotopic (exact) mass is 214 g/mol. The van der Waals surface area contributed by atoms with Gasteiger partial charge in [0.25, 0.3) is 0 Å². The Kier molecular flexibility index (Phi) is 4.39. The molecule has 0 amide bonds. The van der Waals surface area contributed by atoms with Gasteiger partial charge in [-0.15, -0.1) is 0 Å². The molecule has 2 atom stereocenters. The minimum absolute atomic E-state index is 0.540. The summed E-state index contributed by atoms with van der Waals surface area (Å²) < 4.78 is 40.7. The molecule has 0 aromatic rings.